The summed E-state index contributed by atoms with van der Waals surface area (Å²) in [6.45, 7) is 4.33. The van der Waals surface area contributed by atoms with E-state index in [1.807, 2.05) is 36.4 Å². The van der Waals surface area contributed by atoms with Gasteiger partial charge in [-0.25, -0.2) is 0 Å². The first-order valence-electron chi connectivity index (χ1n) is 8.09. The topological polar surface area (TPSA) is 43.3 Å². The number of ether oxygens (including phenoxy) is 1. The second kappa shape index (κ2) is 6.79. The molecule has 1 N–H and O–H groups in total. The number of fused-ring (bicyclic) bond motifs is 1. The van der Waals surface area contributed by atoms with Gasteiger partial charge >= 0.3 is 0 Å². The first kappa shape index (κ1) is 16.1. The van der Waals surface area contributed by atoms with Gasteiger partial charge in [0, 0.05) is 30.2 Å². The number of nitrogens with zero attached hydrogens (tertiary/aromatic N) is 1. The fourth-order valence-corrected chi connectivity index (χ4v) is 2.74. The zero-order valence-electron chi connectivity index (χ0n) is 14.2. The van der Waals surface area contributed by atoms with Crippen LogP contribution in [0, 0.1) is 6.92 Å². The highest BCUT2D eigenvalue weighted by Gasteiger charge is 2.14. The zero-order valence-corrected chi connectivity index (χ0v) is 14.2. The molecule has 4 nitrogen and oxygen atoms in total. The summed E-state index contributed by atoms with van der Waals surface area (Å²) in [5.41, 5.74) is 3.49. The summed E-state index contributed by atoms with van der Waals surface area (Å²) in [5.74, 6) is 0.574. The summed E-state index contributed by atoms with van der Waals surface area (Å²) >= 11 is 0. The van der Waals surface area contributed by atoms with Gasteiger partial charge in [0.1, 0.15) is 5.75 Å². The van der Waals surface area contributed by atoms with Crippen molar-refractivity contribution in [3.8, 4) is 5.75 Å². The maximum Gasteiger partial charge on any atom is 0.261 e. The summed E-state index contributed by atoms with van der Waals surface area (Å²) in [6, 6.07) is 17.8. The second-order valence-electron chi connectivity index (χ2n) is 6.03. The Morgan fingerprint density at radius 2 is 1.92 bits per heavy atom. The van der Waals surface area contributed by atoms with Gasteiger partial charge in [-0.3, -0.25) is 4.79 Å². The molecule has 0 fully saturated rings. The number of amides is 1. The number of rotatable bonds is 5. The summed E-state index contributed by atoms with van der Waals surface area (Å²) in [5, 5.41) is 4.12. The van der Waals surface area contributed by atoms with Crippen molar-refractivity contribution in [1.29, 1.82) is 0 Å². The molecule has 1 amide bonds. The number of para-hydroxylation sites is 1. The van der Waals surface area contributed by atoms with E-state index in [1.54, 1.807) is 6.92 Å². The minimum absolute atomic E-state index is 0.122. The van der Waals surface area contributed by atoms with Crippen LogP contribution in [0.2, 0.25) is 0 Å². The van der Waals surface area contributed by atoms with Crippen molar-refractivity contribution in [1.82, 2.24) is 9.88 Å². The lowest BCUT2D eigenvalue weighted by Crippen LogP contribution is -2.35. The molecule has 0 bridgehead atoms. The Kier molecular flexibility index (Phi) is 4.56. The first-order chi connectivity index (χ1) is 11.5. The van der Waals surface area contributed by atoms with E-state index in [-0.39, 0.29) is 5.91 Å². The van der Waals surface area contributed by atoms with E-state index in [4.69, 9.17) is 4.74 Å². The van der Waals surface area contributed by atoms with Crippen molar-refractivity contribution in [3.05, 3.63) is 65.9 Å². The minimum atomic E-state index is -0.532. The molecule has 0 aliphatic heterocycles. The lowest BCUT2D eigenvalue weighted by Gasteiger charge is -2.14. The fourth-order valence-electron chi connectivity index (χ4n) is 2.74. The summed E-state index contributed by atoms with van der Waals surface area (Å²) in [4.78, 5) is 12.2. The smallest absolute Gasteiger partial charge is 0.261 e. The summed E-state index contributed by atoms with van der Waals surface area (Å²) in [6.07, 6.45) is -0.532. The highest BCUT2D eigenvalue weighted by atomic mass is 16.5. The third-order valence-corrected chi connectivity index (χ3v) is 4.24. The Balaban J connectivity index is 1.61. The number of hydrogen-bond donors (Lipinski definition) is 1. The SMILES string of the molecule is Cc1cc2cc(CNC(=O)[C@H](C)Oc3ccccc3)ccc2n1C. The van der Waals surface area contributed by atoms with Crippen molar-refractivity contribution in [2.75, 3.05) is 0 Å². The maximum atomic E-state index is 12.2. The molecule has 2 aromatic carbocycles. The first-order valence-corrected chi connectivity index (χ1v) is 8.09. The Bertz CT molecular complexity index is 853. The summed E-state index contributed by atoms with van der Waals surface area (Å²) in [7, 11) is 2.06. The summed E-state index contributed by atoms with van der Waals surface area (Å²) < 4.78 is 7.80. The Hall–Kier alpha value is -2.75. The Labute approximate surface area is 142 Å². The van der Waals surface area contributed by atoms with E-state index >= 15 is 0 Å². The van der Waals surface area contributed by atoms with Crippen molar-refractivity contribution < 1.29 is 9.53 Å². The van der Waals surface area contributed by atoms with E-state index in [0.29, 0.717) is 12.3 Å². The van der Waals surface area contributed by atoms with Gasteiger partial charge < -0.3 is 14.6 Å². The van der Waals surface area contributed by atoms with Gasteiger partial charge in [-0.15, -0.1) is 0 Å². The molecule has 0 aliphatic carbocycles. The quantitative estimate of drug-likeness (QED) is 0.780. The number of nitrogens with one attached hydrogen (secondary N) is 1. The van der Waals surface area contributed by atoms with Gasteiger partial charge in [0.15, 0.2) is 6.10 Å². The average Bonchev–Trinajstić information content (AvgIpc) is 2.87. The normalized spacial score (nSPS) is 12.1. The number of hydrogen-bond acceptors (Lipinski definition) is 2. The molecule has 3 rings (SSSR count). The molecule has 124 valence electrons. The van der Waals surface area contributed by atoms with Crippen molar-refractivity contribution in [2.45, 2.75) is 26.5 Å². The van der Waals surface area contributed by atoms with Gasteiger partial charge in [0.2, 0.25) is 0 Å². The third-order valence-electron chi connectivity index (χ3n) is 4.24. The predicted molar refractivity (Wildman–Crippen MR) is 96.0 cm³/mol. The molecule has 3 aromatic rings. The van der Waals surface area contributed by atoms with Crippen LogP contribution in [0.5, 0.6) is 5.75 Å². The number of aromatic nitrogens is 1. The van der Waals surface area contributed by atoms with Crippen LogP contribution >= 0.6 is 0 Å². The number of aryl methyl sites for hydroxylation is 2. The second-order valence-corrected chi connectivity index (χ2v) is 6.03. The van der Waals surface area contributed by atoms with Crippen LogP contribution in [0.3, 0.4) is 0 Å². The molecule has 0 saturated heterocycles. The molecule has 0 aliphatic rings. The maximum absolute atomic E-state index is 12.2. The monoisotopic (exact) mass is 322 g/mol. The van der Waals surface area contributed by atoms with Crippen LogP contribution in [-0.2, 0) is 18.4 Å². The van der Waals surface area contributed by atoms with Crippen molar-refractivity contribution in [3.63, 3.8) is 0 Å². The number of carbonyl (C=O) groups excluding carboxylic acids is 1. The number of carbonyl (C=O) groups is 1. The minimum Gasteiger partial charge on any atom is -0.481 e. The highest BCUT2D eigenvalue weighted by Crippen LogP contribution is 2.19. The standard InChI is InChI=1S/C20H22N2O2/c1-14-11-17-12-16(9-10-19(17)22(14)3)13-21-20(23)15(2)24-18-7-5-4-6-8-18/h4-12,15H,13H2,1-3H3,(H,21,23)/t15-/m0/s1. The molecule has 1 aromatic heterocycles. The van der Waals surface area contributed by atoms with Gasteiger partial charge in [-0.2, -0.15) is 0 Å². The molecule has 1 heterocycles. The molecule has 4 heteroatoms. The number of benzene rings is 2. The predicted octanol–water partition coefficient (Wildman–Crippen LogP) is 3.57. The van der Waals surface area contributed by atoms with Gasteiger partial charge in [0.05, 0.1) is 0 Å². The van der Waals surface area contributed by atoms with E-state index in [1.165, 1.54) is 16.6 Å². The Morgan fingerprint density at radius 3 is 2.67 bits per heavy atom. The van der Waals surface area contributed by atoms with Crippen LogP contribution < -0.4 is 10.1 Å². The van der Waals surface area contributed by atoms with Crippen LogP contribution in [0.25, 0.3) is 10.9 Å². The zero-order chi connectivity index (χ0) is 17.1. The van der Waals surface area contributed by atoms with Gasteiger partial charge in [0.25, 0.3) is 5.91 Å². The van der Waals surface area contributed by atoms with Crippen LogP contribution in [0.15, 0.2) is 54.6 Å². The molecular formula is C20H22N2O2. The van der Waals surface area contributed by atoms with Gasteiger partial charge in [-0.05, 0) is 49.7 Å². The third kappa shape index (κ3) is 3.43. The highest BCUT2D eigenvalue weighted by molar-refractivity contribution is 5.83. The lowest BCUT2D eigenvalue weighted by molar-refractivity contribution is -0.127. The van der Waals surface area contributed by atoms with Crippen LogP contribution in [-0.4, -0.2) is 16.6 Å². The Morgan fingerprint density at radius 1 is 1.17 bits per heavy atom. The van der Waals surface area contributed by atoms with Crippen molar-refractivity contribution in [2.24, 2.45) is 7.05 Å². The van der Waals surface area contributed by atoms with E-state index in [2.05, 4.69) is 42.1 Å². The van der Waals surface area contributed by atoms with E-state index in [9.17, 15) is 4.79 Å². The average molecular weight is 322 g/mol. The van der Waals surface area contributed by atoms with E-state index in [0.717, 1.165) is 5.56 Å². The molecule has 0 spiro atoms. The molecule has 0 unspecified atom stereocenters. The molecule has 0 saturated carbocycles. The van der Waals surface area contributed by atoms with E-state index < -0.39 is 6.10 Å². The fraction of sp³-hybridized carbons (Fsp3) is 0.250. The molecular weight excluding hydrogens is 300 g/mol. The largest absolute Gasteiger partial charge is 0.481 e. The molecule has 1 atom stereocenters. The van der Waals surface area contributed by atoms with Gasteiger partial charge in [-0.1, -0.05) is 24.3 Å². The molecule has 0 radical (unpaired) electrons. The molecule has 24 heavy (non-hydrogen) atoms. The van der Waals surface area contributed by atoms with Crippen molar-refractivity contribution >= 4 is 16.8 Å². The lowest BCUT2D eigenvalue weighted by atomic mass is 10.1. The van der Waals surface area contributed by atoms with Crippen LogP contribution in [0.1, 0.15) is 18.2 Å². The van der Waals surface area contributed by atoms with Crippen LogP contribution in [0.4, 0.5) is 0 Å².